The van der Waals surface area contributed by atoms with Gasteiger partial charge in [-0.1, -0.05) is 6.07 Å². The predicted octanol–water partition coefficient (Wildman–Crippen LogP) is 4.75. The number of hydrogen-bond donors (Lipinski definition) is 0. The summed E-state index contributed by atoms with van der Waals surface area (Å²) in [5, 5.41) is 4.18. The van der Waals surface area contributed by atoms with Gasteiger partial charge in [0.05, 0.1) is 23.0 Å². The van der Waals surface area contributed by atoms with Crippen molar-refractivity contribution in [2.45, 2.75) is 25.8 Å². The van der Waals surface area contributed by atoms with Gasteiger partial charge >= 0.3 is 0 Å². The van der Waals surface area contributed by atoms with Gasteiger partial charge in [0.1, 0.15) is 5.82 Å². The largest absolute Gasteiger partial charge is 0.322 e. The van der Waals surface area contributed by atoms with Gasteiger partial charge in [0, 0.05) is 0 Å². The highest BCUT2D eigenvalue weighted by Gasteiger charge is 2.15. The summed E-state index contributed by atoms with van der Waals surface area (Å²) in [6, 6.07) is 8.48. The van der Waals surface area contributed by atoms with Crippen molar-refractivity contribution < 1.29 is 0 Å². The Balaban J connectivity index is 2.18. The second-order valence-electron chi connectivity index (χ2n) is 4.80. The topological polar surface area (TPSA) is 17.8 Å². The van der Waals surface area contributed by atoms with Crippen LogP contribution < -0.4 is 0 Å². The van der Waals surface area contributed by atoms with Crippen LogP contribution in [0, 0.1) is 6.92 Å². The van der Waals surface area contributed by atoms with Crippen molar-refractivity contribution in [3.63, 3.8) is 0 Å². The van der Waals surface area contributed by atoms with Gasteiger partial charge in [0.2, 0.25) is 0 Å². The van der Waals surface area contributed by atoms with E-state index in [2.05, 4.69) is 51.5 Å². The van der Waals surface area contributed by atoms with E-state index < -0.39 is 0 Å². The molecule has 0 aliphatic heterocycles. The molecule has 0 bridgehead atoms. The van der Waals surface area contributed by atoms with Gasteiger partial charge < -0.3 is 4.57 Å². The zero-order valence-electron chi connectivity index (χ0n) is 10.9. The van der Waals surface area contributed by atoms with Crippen LogP contribution in [0.2, 0.25) is 0 Å². The SMILES string of the molecule is Cc1ccc2nc(C(C)Cl)n(Cc3ccsc3)c2c1. The Morgan fingerprint density at radius 2 is 2.21 bits per heavy atom. The highest BCUT2D eigenvalue weighted by molar-refractivity contribution is 7.07. The molecule has 2 nitrogen and oxygen atoms in total. The van der Waals surface area contributed by atoms with Crippen LogP contribution in [0.1, 0.15) is 29.3 Å². The molecule has 0 aliphatic rings. The number of rotatable bonds is 3. The van der Waals surface area contributed by atoms with Crippen molar-refractivity contribution in [1.82, 2.24) is 9.55 Å². The summed E-state index contributed by atoms with van der Waals surface area (Å²) in [4.78, 5) is 4.67. The van der Waals surface area contributed by atoms with Crippen LogP contribution in [0.25, 0.3) is 11.0 Å². The Bertz CT molecular complexity index is 698. The fraction of sp³-hybridized carbons (Fsp3) is 0.267. The van der Waals surface area contributed by atoms with E-state index in [0.29, 0.717) is 0 Å². The monoisotopic (exact) mass is 290 g/mol. The van der Waals surface area contributed by atoms with Crippen LogP contribution in [0.5, 0.6) is 0 Å². The number of benzene rings is 1. The minimum Gasteiger partial charge on any atom is -0.322 e. The van der Waals surface area contributed by atoms with Gasteiger partial charge in [-0.2, -0.15) is 11.3 Å². The molecule has 0 spiro atoms. The Labute approximate surface area is 121 Å². The number of aromatic nitrogens is 2. The Hall–Kier alpha value is -1.32. The first kappa shape index (κ1) is 12.7. The predicted molar refractivity (Wildman–Crippen MR) is 82.2 cm³/mol. The van der Waals surface area contributed by atoms with Crippen molar-refractivity contribution in [3.05, 3.63) is 52.0 Å². The van der Waals surface area contributed by atoms with E-state index in [4.69, 9.17) is 11.6 Å². The van der Waals surface area contributed by atoms with Gasteiger partial charge in [-0.3, -0.25) is 0 Å². The second kappa shape index (κ2) is 4.99. The molecule has 19 heavy (non-hydrogen) atoms. The molecule has 1 unspecified atom stereocenters. The maximum absolute atomic E-state index is 6.28. The van der Waals surface area contributed by atoms with Crippen molar-refractivity contribution in [2.24, 2.45) is 0 Å². The van der Waals surface area contributed by atoms with E-state index in [1.165, 1.54) is 11.1 Å². The Morgan fingerprint density at radius 3 is 2.89 bits per heavy atom. The van der Waals surface area contributed by atoms with E-state index in [9.17, 15) is 0 Å². The molecule has 98 valence electrons. The first-order chi connectivity index (χ1) is 9.15. The third-order valence-corrected chi connectivity index (χ3v) is 4.14. The third kappa shape index (κ3) is 2.40. The molecule has 0 fully saturated rings. The maximum atomic E-state index is 6.28. The van der Waals surface area contributed by atoms with Crippen LogP contribution in [0.15, 0.2) is 35.0 Å². The van der Waals surface area contributed by atoms with Gasteiger partial charge in [-0.05, 0) is 53.9 Å². The highest BCUT2D eigenvalue weighted by Crippen LogP contribution is 2.26. The molecule has 4 heteroatoms. The Kier molecular flexibility index (Phi) is 3.33. The molecule has 0 radical (unpaired) electrons. The van der Waals surface area contributed by atoms with Gasteiger partial charge in [-0.25, -0.2) is 4.98 Å². The quantitative estimate of drug-likeness (QED) is 0.636. The van der Waals surface area contributed by atoms with Crippen LogP contribution in [-0.4, -0.2) is 9.55 Å². The Morgan fingerprint density at radius 1 is 1.37 bits per heavy atom. The maximum Gasteiger partial charge on any atom is 0.128 e. The van der Waals surface area contributed by atoms with Crippen molar-refractivity contribution >= 4 is 34.0 Å². The van der Waals surface area contributed by atoms with E-state index in [1.54, 1.807) is 11.3 Å². The molecule has 0 N–H and O–H groups in total. The van der Waals surface area contributed by atoms with Gasteiger partial charge in [0.15, 0.2) is 0 Å². The van der Waals surface area contributed by atoms with Crippen molar-refractivity contribution in [3.8, 4) is 0 Å². The average molecular weight is 291 g/mol. The zero-order chi connectivity index (χ0) is 13.4. The standard InChI is InChI=1S/C15H15ClN2S/c1-10-3-4-13-14(7-10)18(15(17-13)11(2)16)8-12-5-6-19-9-12/h3-7,9,11H,8H2,1-2H3. The molecule has 0 aliphatic carbocycles. The second-order valence-corrected chi connectivity index (χ2v) is 6.23. The fourth-order valence-electron chi connectivity index (χ4n) is 2.29. The van der Waals surface area contributed by atoms with Crippen LogP contribution in [0.3, 0.4) is 0 Å². The first-order valence-electron chi connectivity index (χ1n) is 6.27. The van der Waals surface area contributed by atoms with Crippen LogP contribution >= 0.6 is 22.9 Å². The summed E-state index contributed by atoms with van der Waals surface area (Å²) in [5.41, 5.74) is 4.72. The zero-order valence-corrected chi connectivity index (χ0v) is 12.5. The normalized spacial score (nSPS) is 13.0. The average Bonchev–Trinajstić information content (AvgIpc) is 2.98. The summed E-state index contributed by atoms with van der Waals surface area (Å²) in [7, 11) is 0. The van der Waals surface area contributed by atoms with E-state index in [-0.39, 0.29) is 5.38 Å². The fourth-order valence-corrected chi connectivity index (χ4v) is 3.11. The lowest BCUT2D eigenvalue weighted by Crippen LogP contribution is -2.05. The van der Waals surface area contributed by atoms with Crippen LogP contribution in [-0.2, 0) is 6.54 Å². The number of hydrogen-bond acceptors (Lipinski definition) is 2. The molecular formula is C15H15ClN2S. The minimum absolute atomic E-state index is 0.0914. The minimum atomic E-state index is -0.0914. The number of alkyl halides is 1. The van der Waals surface area contributed by atoms with E-state index in [1.807, 2.05) is 6.92 Å². The molecule has 2 heterocycles. The number of aryl methyl sites for hydroxylation is 1. The molecule has 3 aromatic rings. The number of nitrogens with zero attached hydrogens (tertiary/aromatic N) is 2. The lowest BCUT2D eigenvalue weighted by molar-refractivity contribution is 0.744. The van der Waals surface area contributed by atoms with Crippen molar-refractivity contribution in [1.29, 1.82) is 0 Å². The number of fused-ring (bicyclic) bond motifs is 1. The lowest BCUT2D eigenvalue weighted by Gasteiger charge is -2.09. The molecule has 0 amide bonds. The smallest absolute Gasteiger partial charge is 0.128 e. The van der Waals surface area contributed by atoms with E-state index in [0.717, 1.165) is 23.4 Å². The third-order valence-electron chi connectivity index (χ3n) is 3.21. The molecule has 2 aromatic heterocycles. The molecule has 3 rings (SSSR count). The first-order valence-corrected chi connectivity index (χ1v) is 7.65. The number of thiophene rings is 1. The molecule has 1 aromatic carbocycles. The number of halogens is 1. The molecule has 0 saturated carbocycles. The summed E-state index contributed by atoms with van der Waals surface area (Å²) in [5.74, 6) is 0.938. The van der Waals surface area contributed by atoms with E-state index >= 15 is 0 Å². The van der Waals surface area contributed by atoms with Crippen LogP contribution in [0.4, 0.5) is 0 Å². The summed E-state index contributed by atoms with van der Waals surface area (Å²) < 4.78 is 2.22. The molecular weight excluding hydrogens is 276 g/mol. The van der Waals surface area contributed by atoms with Crippen molar-refractivity contribution in [2.75, 3.05) is 0 Å². The lowest BCUT2D eigenvalue weighted by atomic mass is 10.2. The summed E-state index contributed by atoms with van der Waals surface area (Å²) in [6.45, 7) is 4.90. The summed E-state index contributed by atoms with van der Waals surface area (Å²) >= 11 is 8.00. The number of imidazole rings is 1. The van der Waals surface area contributed by atoms with Gasteiger partial charge in [-0.15, -0.1) is 11.6 Å². The molecule has 0 saturated heterocycles. The molecule has 1 atom stereocenters. The summed E-state index contributed by atoms with van der Waals surface area (Å²) in [6.07, 6.45) is 0. The highest BCUT2D eigenvalue weighted by atomic mass is 35.5. The van der Waals surface area contributed by atoms with Gasteiger partial charge in [0.25, 0.3) is 0 Å².